The van der Waals surface area contributed by atoms with Gasteiger partial charge in [0, 0.05) is 4.48 Å². The lowest BCUT2D eigenvalue weighted by atomic mass is 10.3. The molecule has 0 bridgehead atoms. The number of fused-ring (bicyclic) bond motifs is 1. The molecular weight excluding hydrogens is 318 g/mol. The minimum absolute atomic E-state index is 0.209. The summed E-state index contributed by atoms with van der Waals surface area (Å²) in [6, 6.07) is 7.66. The van der Waals surface area contributed by atoms with E-state index in [-0.39, 0.29) is 11.9 Å². The minimum Gasteiger partial charge on any atom is -0.343 e. The van der Waals surface area contributed by atoms with Crippen LogP contribution in [0, 0.1) is 0 Å². The number of imidazole rings is 1. The molecule has 1 unspecified atom stereocenters. The number of allylic oxidation sites excluding steroid dienone is 1. The first-order valence-electron chi connectivity index (χ1n) is 6.24. The Balaban J connectivity index is 2.47. The fourth-order valence-corrected chi connectivity index (χ4v) is 2.35. The highest BCUT2D eigenvalue weighted by molar-refractivity contribution is 9.11. The van der Waals surface area contributed by atoms with Crippen LogP contribution in [-0.4, -0.2) is 15.5 Å². The van der Waals surface area contributed by atoms with Crippen molar-refractivity contribution in [2.24, 2.45) is 0 Å². The summed E-state index contributed by atoms with van der Waals surface area (Å²) < 4.78 is 2.89. The number of carbonyl (C=O) groups excluding carboxylic acids is 1. The van der Waals surface area contributed by atoms with Crippen molar-refractivity contribution in [2.75, 3.05) is 0 Å². The Hall–Kier alpha value is -1.88. The Morgan fingerprint density at radius 2 is 2.25 bits per heavy atom. The van der Waals surface area contributed by atoms with Crippen molar-refractivity contribution in [3.8, 4) is 0 Å². The number of carbonyl (C=O) groups is 1. The third-order valence-electron chi connectivity index (χ3n) is 2.95. The van der Waals surface area contributed by atoms with E-state index in [2.05, 4.69) is 39.4 Å². The number of halogens is 1. The molecule has 0 aliphatic carbocycles. The largest absolute Gasteiger partial charge is 0.343 e. The number of amides is 1. The Morgan fingerprint density at radius 1 is 1.55 bits per heavy atom. The quantitative estimate of drug-likeness (QED) is 0.853. The highest BCUT2D eigenvalue weighted by Gasteiger charge is 2.17. The van der Waals surface area contributed by atoms with E-state index in [0.717, 1.165) is 21.3 Å². The van der Waals surface area contributed by atoms with E-state index in [1.165, 1.54) is 6.08 Å². The van der Waals surface area contributed by atoms with Gasteiger partial charge in [-0.2, -0.15) is 0 Å². The highest BCUT2D eigenvalue weighted by Crippen LogP contribution is 2.22. The molecule has 1 aromatic carbocycles. The van der Waals surface area contributed by atoms with E-state index in [0.29, 0.717) is 6.54 Å². The van der Waals surface area contributed by atoms with Crippen LogP contribution in [0.15, 0.2) is 48.0 Å². The first kappa shape index (κ1) is 14.5. The van der Waals surface area contributed by atoms with Gasteiger partial charge in [0.2, 0.25) is 5.91 Å². The molecule has 0 aliphatic heterocycles. The summed E-state index contributed by atoms with van der Waals surface area (Å²) in [6.07, 6.45) is 1.26. The second-order valence-electron chi connectivity index (χ2n) is 4.50. The number of para-hydroxylation sites is 2. The fourth-order valence-electron chi connectivity index (χ4n) is 2.10. The molecule has 0 saturated carbocycles. The zero-order valence-electron chi connectivity index (χ0n) is 11.3. The summed E-state index contributed by atoms with van der Waals surface area (Å²) in [7, 11) is 0. The number of rotatable bonds is 5. The van der Waals surface area contributed by atoms with E-state index in [1.54, 1.807) is 0 Å². The lowest BCUT2D eigenvalue weighted by Crippen LogP contribution is -2.27. The Kier molecular flexibility index (Phi) is 4.39. The Bertz CT molecular complexity index is 675. The number of nitrogens with one attached hydrogen (secondary N) is 1. The van der Waals surface area contributed by atoms with E-state index >= 15 is 0 Å². The first-order valence-corrected chi connectivity index (χ1v) is 7.03. The molecule has 1 aromatic heterocycles. The van der Waals surface area contributed by atoms with Crippen LogP contribution in [0.3, 0.4) is 0 Å². The molecule has 4 nitrogen and oxygen atoms in total. The molecule has 1 heterocycles. The van der Waals surface area contributed by atoms with Gasteiger partial charge >= 0.3 is 0 Å². The topological polar surface area (TPSA) is 46.9 Å². The lowest BCUT2D eigenvalue weighted by molar-refractivity contribution is -0.117. The van der Waals surface area contributed by atoms with Crippen LogP contribution in [0.2, 0.25) is 0 Å². The third-order valence-corrected chi connectivity index (χ3v) is 3.20. The van der Waals surface area contributed by atoms with Gasteiger partial charge in [-0.05, 0) is 25.1 Å². The van der Waals surface area contributed by atoms with Crippen LogP contribution in [0.25, 0.3) is 11.0 Å². The number of hydrogen-bond donors (Lipinski definition) is 1. The molecule has 20 heavy (non-hydrogen) atoms. The molecule has 0 fully saturated rings. The molecule has 1 amide bonds. The standard InChI is InChI=1S/C15H16BrN3O/c1-4-14(20)17-11(3)15-18-12-7-5-6-8-13(12)19(15)9-10(2)16/h4-8,11H,1-2,9H2,3H3,(H,17,20). The van der Waals surface area contributed by atoms with Gasteiger partial charge in [-0.3, -0.25) is 4.79 Å². The normalized spacial score (nSPS) is 12.1. The van der Waals surface area contributed by atoms with Gasteiger partial charge < -0.3 is 9.88 Å². The zero-order valence-corrected chi connectivity index (χ0v) is 12.9. The summed E-state index contributed by atoms with van der Waals surface area (Å²) in [5, 5.41) is 2.84. The van der Waals surface area contributed by atoms with Gasteiger partial charge in [-0.15, -0.1) is 0 Å². The van der Waals surface area contributed by atoms with Gasteiger partial charge in [0.05, 0.1) is 23.6 Å². The fraction of sp³-hybridized carbons (Fsp3) is 0.200. The predicted molar refractivity (Wildman–Crippen MR) is 84.6 cm³/mol. The maximum atomic E-state index is 11.5. The molecule has 0 spiro atoms. The van der Waals surface area contributed by atoms with Crippen molar-refractivity contribution < 1.29 is 4.79 Å². The van der Waals surface area contributed by atoms with Crippen LogP contribution in [0.4, 0.5) is 0 Å². The van der Waals surface area contributed by atoms with Crippen molar-refractivity contribution >= 4 is 32.9 Å². The number of benzene rings is 1. The van der Waals surface area contributed by atoms with Gasteiger partial charge in [0.25, 0.3) is 0 Å². The second-order valence-corrected chi connectivity index (χ2v) is 5.62. The average Bonchev–Trinajstić information content (AvgIpc) is 2.77. The second kappa shape index (κ2) is 6.05. The first-order chi connectivity index (χ1) is 9.52. The molecule has 1 atom stereocenters. The van der Waals surface area contributed by atoms with Gasteiger partial charge in [0.15, 0.2) is 0 Å². The lowest BCUT2D eigenvalue weighted by Gasteiger charge is -2.15. The van der Waals surface area contributed by atoms with E-state index in [1.807, 2.05) is 35.8 Å². The summed E-state index contributed by atoms with van der Waals surface area (Å²) in [5.41, 5.74) is 1.92. The molecule has 0 saturated heterocycles. The number of aromatic nitrogens is 2. The third kappa shape index (κ3) is 2.99. The summed E-state index contributed by atoms with van der Waals surface area (Å²) in [5.74, 6) is 0.579. The predicted octanol–water partition coefficient (Wildman–Crippen LogP) is 3.31. The van der Waals surface area contributed by atoms with Gasteiger partial charge in [0.1, 0.15) is 5.82 Å². The zero-order chi connectivity index (χ0) is 14.7. The van der Waals surface area contributed by atoms with Crippen LogP contribution < -0.4 is 5.32 Å². The summed E-state index contributed by atoms with van der Waals surface area (Å²) in [4.78, 5) is 16.1. The summed E-state index contributed by atoms with van der Waals surface area (Å²) in [6.45, 7) is 9.84. The molecule has 5 heteroatoms. The SMILES string of the molecule is C=CC(=O)NC(C)c1nc2ccccc2n1CC(=C)Br. The van der Waals surface area contributed by atoms with Crippen LogP contribution in [0.1, 0.15) is 18.8 Å². The number of hydrogen-bond acceptors (Lipinski definition) is 2. The summed E-state index contributed by atoms with van der Waals surface area (Å²) >= 11 is 3.38. The van der Waals surface area contributed by atoms with Crippen molar-refractivity contribution in [2.45, 2.75) is 19.5 Å². The van der Waals surface area contributed by atoms with Crippen molar-refractivity contribution in [1.82, 2.24) is 14.9 Å². The molecule has 2 aromatic rings. The molecule has 1 N–H and O–H groups in total. The molecule has 0 radical (unpaired) electrons. The van der Waals surface area contributed by atoms with Crippen molar-refractivity contribution in [1.29, 1.82) is 0 Å². The van der Waals surface area contributed by atoms with Crippen LogP contribution in [-0.2, 0) is 11.3 Å². The average molecular weight is 334 g/mol. The number of nitrogens with zero attached hydrogens (tertiary/aromatic N) is 2. The Morgan fingerprint density at radius 3 is 2.90 bits per heavy atom. The van der Waals surface area contributed by atoms with Crippen molar-refractivity contribution in [3.63, 3.8) is 0 Å². The van der Waals surface area contributed by atoms with E-state index in [4.69, 9.17) is 0 Å². The van der Waals surface area contributed by atoms with Gasteiger partial charge in [-0.1, -0.05) is 41.2 Å². The monoisotopic (exact) mass is 333 g/mol. The Labute approximate surface area is 126 Å². The highest BCUT2D eigenvalue weighted by atomic mass is 79.9. The van der Waals surface area contributed by atoms with Crippen LogP contribution >= 0.6 is 15.9 Å². The molecule has 2 rings (SSSR count). The van der Waals surface area contributed by atoms with E-state index in [9.17, 15) is 4.79 Å². The van der Waals surface area contributed by atoms with E-state index < -0.39 is 0 Å². The molecule has 0 aliphatic rings. The van der Waals surface area contributed by atoms with Crippen LogP contribution in [0.5, 0.6) is 0 Å². The maximum Gasteiger partial charge on any atom is 0.243 e. The van der Waals surface area contributed by atoms with Gasteiger partial charge in [-0.25, -0.2) is 4.98 Å². The minimum atomic E-state index is -0.214. The molecular formula is C15H16BrN3O. The smallest absolute Gasteiger partial charge is 0.243 e. The van der Waals surface area contributed by atoms with Crippen molar-refractivity contribution in [3.05, 3.63) is 53.8 Å². The maximum absolute atomic E-state index is 11.5. The molecule has 104 valence electrons.